The molecule has 0 fully saturated rings. The van der Waals surface area contributed by atoms with Crippen molar-refractivity contribution in [2.45, 2.75) is 20.3 Å². The summed E-state index contributed by atoms with van der Waals surface area (Å²) in [5.41, 5.74) is 0.0405. The van der Waals surface area contributed by atoms with Gasteiger partial charge in [-0.05, 0) is 13.3 Å². The third-order valence-electron chi connectivity index (χ3n) is 1.12. The van der Waals surface area contributed by atoms with Crippen LogP contribution in [0.25, 0.3) is 4.98 Å². The molecule has 0 rings (SSSR count). The van der Waals surface area contributed by atoms with Gasteiger partial charge in [-0.15, -0.1) is 0 Å². The van der Waals surface area contributed by atoms with Crippen molar-refractivity contribution < 1.29 is 9.84 Å². The van der Waals surface area contributed by atoms with Gasteiger partial charge in [0.15, 0.2) is 4.98 Å². The van der Waals surface area contributed by atoms with Crippen LogP contribution in [0.15, 0.2) is 23.8 Å². The Morgan fingerprint density at radius 1 is 1.58 bits per heavy atom. The molecular weight excluding hydrogens is 156 g/mol. The number of allylic oxidation sites excluding steroid dienone is 2. The van der Waals surface area contributed by atoms with Crippen LogP contribution in [0.3, 0.4) is 0 Å². The monoisotopic (exact) mass is 169 g/mol. The van der Waals surface area contributed by atoms with Gasteiger partial charge in [-0.1, -0.05) is 13.0 Å². The molecule has 0 aromatic rings. The lowest BCUT2D eigenvalue weighted by Crippen LogP contribution is -1.92. The summed E-state index contributed by atoms with van der Waals surface area (Å²) in [7, 11) is 0. The summed E-state index contributed by atoms with van der Waals surface area (Å²) < 4.78 is 4.72. The van der Waals surface area contributed by atoms with Gasteiger partial charge < -0.3 is 9.84 Å². The molecule has 0 aliphatic rings. The fourth-order valence-corrected chi connectivity index (χ4v) is 0.588. The maximum atomic E-state index is 9.09. The van der Waals surface area contributed by atoms with Gasteiger partial charge in [0.05, 0.1) is 6.61 Å². The first-order valence-corrected chi connectivity index (χ1v) is 3.83. The lowest BCUT2D eigenvalue weighted by atomic mass is 10.3. The average Bonchev–Trinajstić information content (AvgIpc) is 2.06. The zero-order chi connectivity index (χ0) is 9.40. The van der Waals surface area contributed by atoms with E-state index in [1.165, 1.54) is 6.08 Å². The molecule has 0 atom stereocenters. The second-order valence-electron chi connectivity index (χ2n) is 2.03. The average molecular weight is 169 g/mol. The number of ether oxygens (including phenoxy) is 1. The van der Waals surface area contributed by atoms with Crippen molar-refractivity contribution in [2.24, 2.45) is 0 Å². The quantitative estimate of drug-likeness (QED) is 0.399. The summed E-state index contributed by atoms with van der Waals surface area (Å²) in [6, 6.07) is 0. The maximum absolute atomic E-state index is 9.09. The highest BCUT2D eigenvalue weighted by Crippen LogP contribution is 2.06. The van der Waals surface area contributed by atoms with Crippen LogP contribution in [-0.4, -0.2) is 11.7 Å². The molecule has 0 spiro atoms. The standard InChI is InChI=1S/C8H12N2O2/c1-3-5-6-7(10-9)8(11)12-4-2/h5-6H,3-4H2,1-2H3/p+1/b6-5+,8-7+. The summed E-state index contributed by atoms with van der Waals surface area (Å²) in [4.78, 5) is 2.86. The van der Waals surface area contributed by atoms with Gasteiger partial charge >= 0.3 is 11.6 Å². The highest BCUT2D eigenvalue weighted by Gasteiger charge is 2.15. The van der Waals surface area contributed by atoms with E-state index in [4.69, 9.17) is 15.2 Å². The number of aliphatic hydroxyl groups is 1. The number of diazo groups is 1. The maximum Gasteiger partial charge on any atom is 0.463 e. The molecule has 4 nitrogen and oxygen atoms in total. The Balaban J connectivity index is 4.41. The van der Waals surface area contributed by atoms with E-state index in [1.807, 2.05) is 6.92 Å². The van der Waals surface area contributed by atoms with Gasteiger partial charge in [0.25, 0.3) is 0 Å². The van der Waals surface area contributed by atoms with Crippen LogP contribution in [0.1, 0.15) is 20.3 Å². The molecular formula is C8H13N2O2+. The van der Waals surface area contributed by atoms with Crippen molar-refractivity contribution >= 4 is 0 Å². The second-order valence-corrected chi connectivity index (χ2v) is 2.03. The number of hydrogen-bond acceptors (Lipinski definition) is 3. The zero-order valence-electron chi connectivity index (χ0n) is 7.32. The Bertz CT molecular complexity index is 226. The Morgan fingerprint density at radius 2 is 2.25 bits per heavy atom. The molecule has 0 radical (unpaired) electrons. The summed E-state index contributed by atoms with van der Waals surface area (Å²) in [5, 5.41) is 17.5. The largest absolute Gasteiger partial charge is 0.475 e. The third-order valence-corrected chi connectivity index (χ3v) is 1.12. The molecule has 0 saturated carbocycles. The first kappa shape index (κ1) is 10.5. The van der Waals surface area contributed by atoms with Crippen LogP contribution in [-0.2, 0) is 4.74 Å². The van der Waals surface area contributed by atoms with Crippen LogP contribution in [0, 0.1) is 5.39 Å². The molecule has 4 heteroatoms. The fraction of sp³-hybridized carbons (Fsp3) is 0.500. The van der Waals surface area contributed by atoms with Crippen molar-refractivity contribution in [2.75, 3.05) is 6.61 Å². The lowest BCUT2D eigenvalue weighted by Gasteiger charge is -1.94. The molecule has 0 aliphatic heterocycles. The molecule has 0 unspecified atom stereocenters. The predicted octanol–water partition coefficient (Wildman–Crippen LogP) is 2.57. The van der Waals surface area contributed by atoms with Crippen LogP contribution in [0.5, 0.6) is 0 Å². The topological polar surface area (TPSA) is 57.6 Å². The van der Waals surface area contributed by atoms with E-state index in [2.05, 4.69) is 4.98 Å². The summed E-state index contributed by atoms with van der Waals surface area (Å²) in [5.74, 6) is -0.357. The number of rotatable bonds is 4. The normalized spacial score (nSPS) is 12.4. The molecule has 66 valence electrons. The van der Waals surface area contributed by atoms with E-state index in [9.17, 15) is 0 Å². The van der Waals surface area contributed by atoms with Gasteiger partial charge in [-0.2, -0.15) is 0 Å². The predicted molar refractivity (Wildman–Crippen MR) is 45.8 cm³/mol. The van der Waals surface area contributed by atoms with Gasteiger partial charge in [0, 0.05) is 6.08 Å². The molecule has 1 N–H and O–H groups in total. The SMILES string of the molecule is CC/C=C/C([N+]#N)=C(/O)OCC. The molecule has 0 aromatic carbocycles. The van der Waals surface area contributed by atoms with Crippen LogP contribution in [0.2, 0.25) is 0 Å². The molecule has 0 amide bonds. The Hall–Kier alpha value is -1.50. The van der Waals surface area contributed by atoms with Crippen molar-refractivity contribution in [1.82, 2.24) is 0 Å². The van der Waals surface area contributed by atoms with E-state index in [1.54, 1.807) is 13.0 Å². The summed E-state index contributed by atoms with van der Waals surface area (Å²) >= 11 is 0. The minimum atomic E-state index is -0.357. The van der Waals surface area contributed by atoms with Gasteiger partial charge in [-0.25, -0.2) is 0 Å². The summed E-state index contributed by atoms with van der Waals surface area (Å²) in [6.07, 6.45) is 4.05. The Morgan fingerprint density at radius 3 is 2.67 bits per heavy atom. The molecule has 0 aliphatic carbocycles. The molecule has 0 saturated heterocycles. The molecule has 0 heterocycles. The van der Waals surface area contributed by atoms with E-state index in [0.29, 0.717) is 6.61 Å². The van der Waals surface area contributed by atoms with Crippen LogP contribution >= 0.6 is 0 Å². The zero-order valence-corrected chi connectivity index (χ0v) is 7.32. The minimum absolute atomic E-state index is 0.0405. The Kier molecular flexibility index (Phi) is 5.45. The van der Waals surface area contributed by atoms with E-state index >= 15 is 0 Å². The van der Waals surface area contributed by atoms with Crippen molar-refractivity contribution in [3.63, 3.8) is 0 Å². The van der Waals surface area contributed by atoms with Gasteiger partial charge in [0.2, 0.25) is 5.39 Å². The summed E-state index contributed by atoms with van der Waals surface area (Å²) in [6.45, 7) is 4.00. The van der Waals surface area contributed by atoms with Crippen LogP contribution < -0.4 is 0 Å². The lowest BCUT2D eigenvalue weighted by molar-refractivity contribution is 0.0999. The first-order valence-electron chi connectivity index (χ1n) is 3.83. The number of aliphatic hydroxyl groups excluding tert-OH is 1. The molecule has 12 heavy (non-hydrogen) atoms. The van der Waals surface area contributed by atoms with Crippen molar-refractivity contribution in [3.8, 4) is 0 Å². The van der Waals surface area contributed by atoms with Crippen LogP contribution in [0.4, 0.5) is 0 Å². The van der Waals surface area contributed by atoms with Gasteiger partial charge in [-0.3, -0.25) is 0 Å². The van der Waals surface area contributed by atoms with E-state index in [-0.39, 0.29) is 11.6 Å². The van der Waals surface area contributed by atoms with Crippen molar-refractivity contribution in [1.29, 1.82) is 5.39 Å². The van der Waals surface area contributed by atoms with Gasteiger partial charge in [0.1, 0.15) is 0 Å². The third kappa shape index (κ3) is 3.62. The smallest absolute Gasteiger partial charge is 0.463 e. The fourth-order valence-electron chi connectivity index (χ4n) is 0.588. The highest BCUT2D eigenvalue weighted by atomic mass is 16.6. The first-order chi connectivity index (χ1) is 5.76. The molecule has 0 aromatic heterocycles. The van der Waals surface area contributed by atoms with Crippen molar-refractivity contribution in [3.05, 3.63) is 28.8 Å². The Labute approximate surface area is 71.8 Å². The van der Waals surface area contributed by atoms with E-state index in [0.717, 1.165) is 6.42 Å². The second kappa shape index (κ2) is 6.23. The molecule has 0 bridgehead atoms. The number of nitrogens with zero attached hydrogens (tertiary/aromatic N) is 2. The van der Waals surface area contributed by atoms with E-state index < -0.39 is 0 Å². The minimum Gasteiger partial charge on any atom is -0.475 e. The highest BCUT2D eigenvalue weighted by molar-refractivity contribution is 5.24. The number of hydrogen-bond donors (Lipinski definition) is 1.